The number of nitrogens with one attached hydrogen (secondary N) is 3. The first-order chi connectivity index (χ1) is 22.0. The van der Waals surface area contributed by atoms with Crippen molar-refractivity contribution in [2.24, 2.45) is 16.2 Å². The summed E-state index contributed by atoms with van der Waals surface area (Å²) < 4.78 is 34.0. The van der Waals surface area contributed by atoms with Gasteiger partial charge in [-0.25, -0.2) is 33.6 Å². The van der Waals surface area contributed by atoms with E-state index in [2.05, 4.69) is 120 Å². The van der Waals surface area contributed by atoms with E-state index in [0.29, 0.717) is 19.6 Å². The third-order valence-electron chi connectivity index (χ3n) is 5.98. The van der Waals surface area contributed by atoms with Crippen LogP contribution in [0.1, 0.15) is 86.3 Å². The third kappa shape index (κ3) is 26.8. The smallest absolute Gasteiger partial charge is 0.870 e. The van der Waals surface area contributed by atoms with Crippen LogP contribution < -0.4 is 34.6 Å². The van der Waals surface area contributed by atoms with Gasteiger partial charge >= 0.3 is 19.5 Å². The first-order valence-electron chi connectivity index (χ1n) is 15.8. The van der Waals surface area contributed by atoms with Gasteiger partial charge in [-0.15, -0.1) is 10.2 Å². The second-order valence-corrected chi connectivity index (χ2v) is 15.8. The summed E-state index contributed by atoms with van der Waals surface area (Å²) in [6, 6.07) is 20.4. The monoisotopic (exact) mass is 766 g/mol. The molecule has 50 heavy (non-hydrogen) atoms. The van der Waals surface area contributed by atoms with Crippen molar-refractivity contribution in [3.8, 4) is 6.07 Å². The molecule has 0 spiro atoms. The molecule has 0 aliphatic carbocycles. The van der Waals surface area contributed by atoms with Crippen LogP contribution in [0.5, 0.6) is 0 Å². The SMILES string of the molecule is CC#N.CC(C)(C)CNc1cccc(CN(Cc2cccc(NCC(C)(C)C)n2)Cc2cccc(NCC(C)(C)C)n2)n1.[O-][Cl+3]([O-])([O-])[O-].[OH-].[Zn+2]. The molecule has 3 aromatic heterocycles. The number of pyridine rings is 3. The summed E-state index contributed by atoms with van der Waals surface area (Å²) in [5, 5.41) is 17.8. The van der Waals surface area contributed by atoms with E-state index in [1.54, 1.807) is 6.07 Å². The molecule has 0 radical (unpaired) electrons. The second-order valence-electron chi connectivity index (χ2n) is 15.0. The molecule has 0 saturated heterocycles. The van der Waals surface area contributed by atoms with E-state index < -0.39 is 10.2 Å². The van der Waals surface area contributed by atoms with Gasteiger partial charge in [0.15, 0.2) is 0 Å². The van der Waals surface area contributed by atoms with Gasteiger partial charge in [-0.1, -0.05) is 80.5 Å². The van der Waals surface area contributed by atoms with Crippen LogP contribution in [-0.2, 0) is 39.1 Å². The maximum Gasteiger partial charge on any atom is 2.00 e. The molecule has 3 aromatic rings. The standard InChI is InChI=1S/C33H51N7.C2H3N.ClHO4.H2O.Zn/c1-31(2,3)22-34-28-16-10-13-25(37-28)19-40(20-26-14-11-17-29(38-26)35-23-32(4,5)6)21-27-15-12-18-30(39-27)36-24-33(7,8)9;1-2-3;2-1(3,4)5;;/h10-18H,19-24H2,1-9H3,(H,34,37)(H,35,38)(H,36,39);1H3;(H,2,3,4,5);1H2;/q;;;;+2/p-2. The van der Waals surface area contributed by atoms with Crippen LogP contribution in [0.25, 0.3) is 0 Å². The normalized spacial score (nSPS) is 11.3. The molecule has 0 aromatic carbocycles. The van der Waals surface area contributed by atoms with Gasteiger partial charge in [0.05, 0.1) is 23.2 Å². The number of rotatable bonds is 12. The quantitative estimate of drug-likeness (QED) is 0.226. The van der Waals surface area contributed by atoms with Crippen molar-refractivity contribution < 1.29 is 53.8 Å². The fourth-order valence-electron chi connectivity index (χ4n) is 3.92. The summed E-state index contributed by atoms with van der Waals surface area (Å²) in [7, 11) is -4.94. The van der Waals surface area contributed by atoms with Gasteiger partial charge in [-0.05, 0) is 52.6 Å². The second kappa shape index (κ2) is 22.8. The zero-order valence-corrected chi connectivity index (χ0v) is 35.1. The van der Waals surface area contributed by atoms with Crippen LogP contribution >= 0.6 is 0 Å². The Morgan fingerprint density at radius 2 is 0.820 bits per heavy atom. The molecule has 0 aliphatic heterocycles. The van der Waals surface area contributed by atoms with Crippen molar-refractivity contribution in [3.05, 3.63) is 71.7 Å². The summed E-state index contributed by atoms with van der Waals surface area (Å²) >= 11 is 0. The molecular weight excluding hydrogens is 713 g/mol. The fraction of sp³-hybridized carbons (Fsp3) is 0.543. The number of hydrogen-bond donors (Lipinski definition) is 3. The fourth-order valence-corrected chi connectivity index (χ4v) is 3.92. The Balaban J connectivity index is 0. The number of aromatic nitrogens is 3. The number of halogens is 1. The molecule has 0 saturated carbocycles. The van der Waals surface area contributed by atoms with E-state index in [1.165, 1.54) is 6.92 Å². The molecule has 13 nitrogen and oxygen atoms in total. The molecule has 274 valence electrons. The molecule has 0 unspecified atom stereocenters. The van der Waals surface area contributed by atoms with E-state index in [9.17, 15) is 0 Å². The first kappa shape index (κ1) is 49.1. The Morgan fingerprint density at radius 1 is 0.600 bits per heavy atom. The molecule has 0 fully saturated rings. The molecule has 0 amide bonds. The van der Waals surface area contributed by atoms with Crippen molar-refractivity contribution in [2.75, 3.05) is 35.6 Å². The minimum Gasteiger partial charge on any atom is -0.870 e. The Morgan fingerprint density at radius 3 is 1.02 bits per heavy atom. The van der Waals surface area contributed by atoms with Crippen LogP contribution in [0.3, 0.4) is 0 Å². The van der Waals surface area contributed by atoms with E-state index in [4.69, 9.17) is 38.8 Å². The van der Waals surface area contributed by atoms with Crippen molar-refractivity contribution in [3.63, 3.8) is 0 Å². The van der Waals surface area contributed by atoms with Crippen molar-refractivity contribution in [1.82, 2.24) is 19.9 Å². The Hall–Kier alpha value is -2.99. The molecule has 0 bridgehead atoms. The Bertz CT molecular complexity index is 1260. The molecule has 0 aliphatic rings. The summed E-state index contributed by atoms with van der Waals surface area (Å²) in [4.78, 5) is 17.1. The molecule has 3 heterocycles. The summed E-state index contributed by atoms with van der Waals surface area (Å²) in [6.45, 7) is 26.1. The average molecular weight is 769 g/mol. The van der Waals surface area contributed by atoms with Crippen molar-refractivity contribution in [2.45, 2.75) is 88.9 Å². The molecule has 3 rings (SSSR count). The number of nitrogens with zero attached hydrogens (tertiary/aromatic N) is 5. The number of nitriles is 1. The molecular formula is C35H55ClN8O5Zn. The summed E-state index contributed by atoms with van der Waals surface area (Å²) in [5.74, 6) is 2.72. The van der Waals surface area contributed by atoms with Crippen molar-refractivity contribution in [1.29, 1.82) is 5.26 Å². The topological polar surface area (TPSA) is 224 Å². The van der Waals surface area contributed by atoms with E-state index in [-0.39, 0.29) is 41.2 Å². The predicted molar refractivity (Wildman–Crippen MR) is 183 cm³/mol. The maximum absolute atomic E-state index is 8.49. The van der Waals surface area contributed by atoms with Gasteiger partial charge in [0.2, 0.25) is 0 Å². The maximum atomic E-state index is 8.49. The number of hydrogen-bond acceptors (Lipinski definition) is 13. The van der Waals surface area contributed by atoms with Gasteiger partial charge in [0, 0.05) is 46.2 Å². The number of anilines is 3. The largest absolute Gasteiger partial charge is 2.00 e. The predicted octanol–water partition coefficient (Wildman–Crippen LogP) is 3.04. The van der Waals surface area contributed by atoms with Gasteiger partial charge in [-0.3, -0.25) is 4.90 Å². The van der Waals surface area contributed by atoms with E-state index in [1.807, 2.05) is 18.2 Å². The molecule has 0 atom stereocenters. The Kier molecular flexibility index (Phi) is 22.4. The van der Waals surface area contributed by atoms with E-state index >= 15 is 0 Å². The van der Waals surface area contributed by atoms with Crippen molar-refractivity contribution >= 4 is 17.5 Å². The zero-order chi connectivity index (χ0) is 36.6. The minimum absolute atomic E-state index is 0. The average Bonchev–Trinajstić information content (AvgIpc) is 2.93. The first-order valence-corrected chi connectivity index (χ1v) is 17.0. The third-order valence-corrected chi connectivity index (χ3v) is 5.98. The molecule has 15 heteroatoms. The van der Waals surface area contributed by atoms with Crippen LogP contribution in [0.15, 0.2) is 54.6 Å². The zero-order valence-electron chi connectivity index (χ0n) is 31.3. The van der Waals surface area contributed by atoms with E-state index in [0.717, 1.165) is 54.2 Å². The van der Waals surface area contributed by atoms with Crippen LogP contribution in [0.4, 0.5) is 17.5 Å². The van der Waals surface area contributed by atoms with Gasteiger partial charge in [0.1, 0.15) is 17.5 Å². The summed E-state index contributed by atoms with van der Waals surface area (Å²) in [5.41, 5.74) is 3.59. The van der Waals surface area contributed by atoms with Crippen LogP contribution in [0.2, 0.25) is 0 Å². The van der Waals surface area contributed by atoms with Crippen LogP contribution in [-0.4, -0.2) is 45.0 Å². The Labute approximate surface area is 313 Å². The minimum atomic E-state index is -4.94. The van der Waals surface area contributed by atoms with Gasteiger partial charge in [-0.2, -0.15) is 5.26 Å². The van der Waals surface area contributed by atoms with Gasteiger partial charge in [0.25, 0.3) is 0 Å². The van der Waals surface area contributed by atoms with Crippen LogP contribution in [0, 0.1) is 37.8 Å². The summed E-state index contributed by atoms with van der Waals surface area (Å²) in [6.07, 6.45) is 0. The van der Waals surface area contributed by atoms with Gasteiger partial charge < -0.3 is 21.4 Å². The molecule has 4 N–H and O–H groups in total.